The van der Waals surface area contributed by atoms with E-state index in [1.165, 1.54) is 7.11 Å². The van der Waals surface area contributed by atoms with E-state index in [-0.39, 0.29) is 30.5 Å². The molecule has 1 aromatic carbocycles. The van der Waals surface area contributed by atoms with Gasteiger partial charge in [-0.1, -0.05) is 0 Å². The van der Waals surface area contributed by atoms with Crippen molar-refractivity contribution in [3.8, 4) is 11.4 Å². The largest absolute Gasteiger partial charge is 0.497 e. The van der Waals surface area contributed by atoms with Crippen LogP contribution in [0.4, 0.5) is 0 Å². The van der Waals surface area contributed by atoms with Crippen LogP contribution in [0, 0.1) is 0 Å². The van der Waals surface area contributed by atoms with Crippen LogP contribution in [0.3, 0.4) is 0 Å². The Hall–Kier alpha value is -2.83. The van der Waals surface area contributed by atoms with Crippen LogP contribution < -0.4 is 10.1 Å². The van der Waals surface area contributed by atoms with Crippen molar-refractivity contribution in [1.82, 2.24) is 15.1 Å². The molecule has 0 radical (unpaired) electrons. The lowest BCUT2D eigenvalue weighted by molar-refractivity contribution is -0.140. The summed E-state index contributed by atoms with van der Waals surface area (Å²) >= 11 is 0. The summed E-state index contributed by atoms with van der Waals surface area (Å²) in [5.74, 6) is 0.0388. The maximum absolute atomic E-state index is 11.9. The van der Waals surface area contributed by atoms with E-state index in [9.17, 15) is 9.59 Å². The number of benzene rings is 1. The van der Waals surface area contributed by atoms with Gasteiger partial charge in [0.2, 0.25) is 0 Å². The van der Waals surface area contributed by atoms with Crippen molar-refractivity contribution >= 4 is 11.9 Å². The van der Waals surface area contributed by atoms with Gasteiger partial charge in [-0.25, -0.2) is 4.68 Å². The molecule has 0 atom stereocenters. The maximum atomic E-state index is 11.9. The van der Waals surface area contributed by atoms with Gasteiger partial charge in [-0.2, -0.15) is 5.10 Å². The topological polar surface area (TPSA) is 82.5 Å². The number of hydrogen-bond donors (Lipinski definition) is 1. The molecule has 0 fully saturated rings. The highest BCUT2D eigenvalue weighted by molar-refractivity contribution is 5.92. The summed E-state index contributed by atoms with van der Waals surface area (Å²) in [6, 6.07) is 8.91. The van der Waals surface area contributed by atoms with Gasteiger partial charge in [-0.05, 0) is 30.3 Å². The van der Waals surface area contributed by atoms with E-state index in [4.69, 9.17) is 4.74 Å². The van der Waals surface area contributed by atoms with Crippen LogP contribution in [0.1, 0.15) is 16.9 Å². The van der Waals surface area contributed by atoms with Crippen LogP contribution in [0.15, 0.2) is 36.5 Å². The Morgan fingerprint density at radius 1 is 1.18 bits per heavy atom. The molecule has 0 saturated carbocycles. The van der Waals surface area contributed by atoms with E-state index in [1.54, 1.807) is 24.1 Å². The fourth-order valence-electron chi connectivity index (χ4n) is 1.79. The summed E-state index contributed by atoms with van der Waals surface area (Å²) in [7, 11) is 2.90. The molecule has 1 aromatic heterocycles. The first-order valence-electron chi connectivity index (χ1n) is 6.69. The SMILES string of the molecule is COC(=O)CCNC(=O)c1ccn(-c2ccc(OC)cc2)n1. The van der Waals surface area contributed by atoms with Gasteiger partial charge in [-0.15, -0.1) is 0 Å². The molecule has 7 heteroatoms. The molecule has 0 unspecified atom stereocenters. The Morgan fingerprint density at radius 3 is 2.55 bits per heavy atom. The number of nitrogens with one attached hydrogen (secondary N) is 1. The molecule has 0 aliphatic carbocycles. The van der Waals surface area contributed by atoms with Crippen molar-refractivity contribution in [2.45, 2.75) is 6.42 Å². The Kier molecular flexibility index (Phi) is 5.13. The minimum absolute atomic E-state index is 0.126. The van der Waals surface area contributed by atoms with Gasteiger partial charge in [-0.3, -0.25) is 9.59 Å². The van der Waals surface area contributed by atoms with Gasteiger partial charge in [0, 0.05) is 12.7 Å². The second kappa shape index (κ2) is 7.26. The number of esters is 1. The number of amides is 1. The molecule has 0 aliphatic heterocycles. The summed E-state index contributed by atoms with van der Waals surface area (Å²) in [5.41, 5.74) is 1.09. The predicted molar refractivity (Wildman–Crippen MR) is 79.1 cm³/mol. The average molecular weight is 303 g/mol. The molecule has 0 aliphatic rings. The van der Waals surface area contributed by atoms with Gasteiger partial charge in [0.1, 0.15) is 5.75 Å². The highest BCUT2D eigenvalue weighted by atomic mass is 16.5. The summed E-state index contributed by atoms with van der Waals surface area (Å²) in [5, 5.41) is 6.81. The van der Waals surface area contributed by atoms with E-state index < -0.39 is 0 Å². The molecule has 0 spiro atoms. The van der Waals surface area contributed by atoms with Gasteiger partial charge < -0.3 is 14.8 Å². The van der Waals surface area contributed by atoms with Crippen molar-refractivity contribution in [3.63, 3.8) is 0 Å². The van der Waals surface area contributed by atoms with E-state index in [2.05, 4.69) is 15.2 Å². The number of hydrogen-bond acceptors (Lipinski definition) is 5. The molecule has 1 amide bonds. The van der Waals surface area contributed by atoms with Crippen molar-refractivity contribution in [1.29, 1.82) is 0 Å². The van der Waals surface area contributed by atoms with Gasteiger partial charge in [0.05, 0.1) is 26.3 Å². The van der Waals surface area contributed by atoms with Crippen LogP contribution >= 0.6 is 0 Å². The maximum Gasteiger partial charge on any atom is 0.307 e. The average Bonchev–Trinajstić information content (AvgIpc) is 3.04. The molecular formula is C15H17N3O4. The smallest absolute Gasteiger partial charge is 0.307 e. The summed E-state index contributed by atoms with van der Waals surface area (Å²) < 4.78 is 11.2. The Balaban J connectivity index is 1.97. The van der Waals surface area contributed by atoms with E-state index >= 15 is 0 Å². The van der Waals surface area contributed by atoms with Crippen LogP contribution in [-0.4, -0.2) is 42.4 Å². The first-order valence-corrected chi connectivity index (χ1v) is 6.69. The fraction of sp³-hybridized carbons (Fsp3) is 0.267. The fourth-order valence-corrected chi connectivity index (χ4v) is 1.79. The van der Waals surface area contributed by atoms with E-state index in [1.807, 2.05) is 24.3 Å². The lowest BCUT2D eigenvalue weighted by atomic mass is 10.3. The van der Waals surface area contributed by atoms with Crippen LogP contribution in [0.5, 0.6) is 5.75 Å². The monoisotopic (exact) mass is 303 g/mol. The van der Waals surface area contributed by atoms with Gasteiger partial charge >= 0.3 is 5.97 Å². The molecule has 1 N–H and O–H groups in total. The van der Waals surface area contributed by atoms with Crippen LogP contribution in [-0.2, 0) is 9.53 Å². The number of methoxy groups -OCH3 is 2. The first kappa shape index (κ1) is 15.6. The molecular weight excluding hydrogens is 286 g/mol. The van der Waals surface area contributed by atoms with Crippen molar-refractivity contribution < 1.29 is 19.1 Å². The van der Waals surface area contributed by atoms with Gasteiger partial charge in [0.25, 0.3) is 5.91 Å². The Labute approximate surface area is 127 Å². The summed E-state index contributed by atoms with van der Waals surface area (Å²) in [4.78, 5) is 22.9. The zero-order valence-electron chi connectivity index (χ0n) is 12.4. The molecule has 1 heterocycles. The minimum atomic E-state index is -0.371. The zero-order valence-corrected chi connectivity index (χ0v) is 12.4. The second-order valence-electron chi connectivity index (χ2n) is 4.43. The normalized spacial score (nSPS) is 10.1. The van der Waals surface area contributed by atoms with Crippen LogP contribution in [0.2, 0.25) is 0 Å². The second-order valence-corrected chi connectivity index (χ2v) is 4.43. The predicted octanol–water partition coefficient (Wildman–Crippen LogP) is 1.17. The molecule has 22 heavy (non-hydrogen) atoms. The summed E-state index contributed by atoms with van der Waals surface area (Å²) in [6.45, 7) is 0.209. The number of aromatic nitrogens is 2. The Bertz CT molecular complexity index is 649. The molecule has 116 valence electrons. The number of carbonyl (C=O) groups is 2. The third-order valence-electron chi connectivity index (χ3n) is 3.00. The highest BCUT2D eigenvalue weighted by Gasteiger charge is 2.10. The lowest BCUT2D eigenvalue weighted by Crippen LogP contribution is -2.26. The third kappa shape index (κ3) is 3.85. The first-order chi connectivity index (χ1) is 10.6. The molecule has 2 rings (SSSR count). The highest BCUT2D eigenvalue weighted by Crippen LogP contribution is 2.14. The number of nitrogens with zero attached hydrogens (tertiary/aromatic N) is 2. The minimum Gasteiger partial charge on any atom is -0.497 e. The molecule has 7 nitrogen and oxygen atoms in total. The molecule has 0 saturated heterocycles. The summed E-state index contributed by atoms with van der Waals surface area (Å²) in [6.07, 6.45) is 1.82. The number of carbonyl (C=O) groups excluding carboxylic acids is 2. The van der Waals surface area contributed by atoms with Crippen molar-refractivity contribution in [3.05, 3.63) is 42.2 Å². The van der Waals surface area contributed by atoms with Gasteiger partial charge in [0.15, 0.2) is 5.69 Å². The standard InChI is InChI=1S/C15H17N3O4/c1-21-12-5-3-11(4-6-12)18-10-8-13(17-18)15(20)16-9-7-14(19)22-2/h3-6,8,10H,7,9H2,1-2H3,(H,16,20). The van der Waals surface area contributed by atoms with E-state index in [0.29, 0.717) is 0 Å². The van der Waals surface area contributed by atoms with Crippen LogP contribution in [0.25, 0.3) is 5.69 Å². The number of rotatable bonds is 6. The lowest BCUT2D eigenvalue weighted by Gasteiger charge is -2.04. The Morgan fingerprint density at radius 2 is 1.91 bits per heavy atom. The molecule has 0 bridgehead atoms. The quantitative estimate of drug-likeness (QED) is 0.810. The number of ether oxygens (including phenoxy) is 2. The molecule has 2 aromatic rings. The third-order valence-corrected chi connectivity index (χ3v) is 3.00. The van der Waals surface area contributed by atoms with Crippen molar-refractivity contribution in [2.24, 2.45) is 0 Å². The zero-order chi connectivity index (χ0) is 15.9. The van der Waals surface area contributed by atoms with E-state index in [0.717, 1.165) is 11.4 Å². The van der Waals surface area contributed by atoms with Crippen molar-refractivity contribution in [2.75, 3.05) is 20.8 Å².